The molecule has 2 aromatic rings. The van der Waals surface area contributed by atoms with Crippen LogP contribution in [0.4, 0.5) is 5.69 Å². The van der Waals surface area contributed by atoms with Crippen molar-refractivity contribution in [1.29, 1.82) is 0 Å². The number of nitrogens with one attached hydrogen (secondary N) is 1. The average molecular weight is 515 g/mol. The summed E-state index contributed by atoms with van der Waals surface area (Å²) in [5.41, 5.74) is 3.71. The first-order valence-corrected chi connectivity index (χ1v) is 13.5. The molecule has 1 aromatic carbocycles. The van der Waals surface area contributed by atoms with Crippen molar-refractivity contribution in [2.45, 2.75) is 78.0 Å². The van der Waals surface area contributed by atoms with Crippen LogP contribution in [0.15, 0.2) is 23.0 Å². The van der Waals surface area contributed by atoms with E-state index in [-0.39, 0.29) is 17.9 Å². The van der Waals surface area contributed by atoms with Gasteiger partial charge in [-0.3, -0.25) is 9.59 Å². The van der Waals surface area contributed by atoms with Crippen molar-refractivity contribution in [3.63, 3.8) is 0 Å². The summed E-state index contributed by atoms with van der Waals surface area (Å²) in [6, 6.07) is 6.37. The summed E-state index contributed by atoms with van der Waals surface area (Å²) in [5, 5.41) is 3.50. The number of aryl methyl sites for hydroxylation is 1. The number of ether oxygens (including phenoxy) is 1. The molecule has 196 valence electrons. The number of rotatable bonds is 7. The minimum absolute atomic E-state index is 0.112. The monoisotopic (exact) mass is 514 g/mol. The molecule has 8 heteroatoms. The molecule has 2 aliphatic rings. The molecule has 36 heavy (non-hydrogen) atoms. The summed E-state index contributed by atoms with van der Waals surface area (Å²) in [4.78, 5) is 30.8. The van der Waals surface area contributed by atoms with Gasteiger partial charge in [0, 0.05) is 53.2 Å². The predicted molar refractivity (Wildman–Crippen MR) is 146 cm³/mol. The molecule has 0 atom stereocenters. The second-order valence-corrected chi connectivity index (χ2v) is 10.7. The Kier molecular flexibility index (Phi) is 8.30. The Bertz CT molecular complexity index is 1170. The van der Waals surface area contributed by atoms with Crippen molar-refractivity contribution in [1.82, 2.24) is 14.8 Å². The summed E-state index contributed by atoms with van der Waals surface area (Å²) >= 11 is 6.54. The highest BCUT2D eigenvalue weighted by Crippen LogP contribution is 2.34. The number of carbonyl (C=O) groups is 1. The average Bonchev–Trinajstić information content (AvgIpc) is 2.86. The van der Waals surface area contributed by atoms with Gasteiger partial charge in [-0.15, -0.1) is 0 Å². The van der Waals surface area contributed by atoms with Gasteiger partial charge in [0.2, 0.25) is 5.88 Å². The molecule has 7 nitrogen and oxygen atoms in total. The van der Waals surface area contributed by atoms with Gasteiger partial charge in [-0.25, -0.2) is 0 Å². The number of aromatic nitrogens is 1. The zero-order valence-electron chi connectivity index (χ0n) is 22.2. The summed E-state index contributed by atoms with van der Waals surface area (Å²) < 4.78 is 7.85. The van der Waals surface area contributed by atoms with E-state index in [1.807, 2.05) is 24.5 Å². The Labute approximate surface area is 219 Å². The first-order valence-electron chi connectivity index (χ1n) is 13.1. The highest BCUT2D eigenvalue weighted by molar-refractivity contribution is 6.31. The third kappa shape index (κ3) is 5.42. The third-order valence-corrected chi connectivity index (χ3v) is 8.05. The molecule has 1 aliphatic carbocycles. The Morgan fingerprint density at radius 2 is 1.83 bits per heavy atom. The number of anilines is 1. The van der Waals surface area contributed by atoms with Crippen LogP contribution in [0.3, 0.4) is 0 Å². The van der Waals surface area contributed by atoms with Gasteiger partial charge in [0.05, 0.1) is 18.7 Å². The van der Waals surface area contributed by atoms with Crippen molar-refractivity contribution in [2.24, 2.45) is 0 Å². The molecule has 4 rings (SSSR count). The lowest BCUT2D eigenvalue weighted by molar-refractivity contribution is 0.0949. The maximum atomic E-state index is 13.4. The number of nitrogens with zero attached hydrogens (tertiary/aromatic N) is 3. The van der Waals surface area contributed by atoms with Crippen LogP contribution in [-0.2, 0) is 13.1 Å². The van der Waals surface area contributed by atoms with Gasteiger partial charge in [-0.05, 0) is 84.7 Å². The SMILES string of the molecule is CCN(c1cc(Cl)cc(C(=O)NCc2c3n(c(C)cc2=O)CCCO3)c1C)[C@H]1CC[C@H](N(C)C)CC1. The zero-order valence-corrected chi connectivity index (χ0v) is 23.0. The number of pyridine rings is 1. The molecule has 1 saturated carbocycles. The van der Waals surface area contributed by atoms with Crippen molar-refractivity contribution in [2.75, 3.05) is 32.1 Å². The van der Waals surface area contributed by atoms with Crippen LogP contribution < -0.4 is 20.4 Å². The van der Waals surface area contributed by atoms with Gasteiger partial charge in [-0.2, -0.15) is 0 Å². The van der Waals surface area contributed by atoms with Gasteiger partial charge in [0.15, 0.2) is 5.43 Å². The highest BCUT2D eigenvalue weighted by Gasteiger charge is 2.28. The van der Waals surface area contributed by atoms with Crippen molar-refractivity contribution in [3.8, 4) is 5.88 Å². The highest BCUT2D eigenvalue weighted by atomic mass is 35.5. The maximum absolute atomic E-state index is 13.4. The molecule has 0 radical (unpaired) electrons. The Morgan fingerprint density at radius 3 is 2.50 bits per heavy atom. The van der Waals surface area contributed by atoms with E-state index in [4.69, 9.17) is 16.3 Å². The van der Waals surface area contributed by atoms with Gasteiger partial charge < -0.3 is 24.4 Å². The first-order chi connectivity index (χ1) is 17.2. The lowest BCUT2D eigenvalue weighted by Crippen LogP contribution is -2.42. The molecule has 1 N–H and O–H groups in total. The number of benzene rings is 1. The Morgan fingerprint density at radius 1 is 1.14 bits per heavy atom. The van der Waals surface area contributed by atoms with E-state index >= 15 is 0 Å². The summed E-state index contributed by atoms with van der Waals surface area (Å²) in [6.07, 6.45) is 5.47. The van der Waals surface area contributed by atoms with Crippen molar-refractivity contribution >= 4 is 23.2 Å². The number of carbonyl (C=O) groups excluding carboxylic acids is 1. The van der Waals surface area contributed by atoms with Gasteiger partial charge >= 0.3 is 0 Å². The van der Waals surface area contributed by atoms with Crippen LogP contribution in [0.1, 0.15) is 66.2 Å². The number of halogens is 1. The predicted octanol–water partition coefficient (Wildman–Crippen LogP) is 4.53. The Hall–Kier alpha value is -2.51. The zero-order chi connectivity index (χ0) is 26.0. The summed E-state index contributed by atoms with van der Waals surface area (Å²) in [5.74, 6) is 0.332. The number of amides is 1. The third-order valence-electron chi connectivity index (χ3n) is 7.83. The van der Waals surface area contributed by atoms with Crippen LogP contribution in [0.5, 0.6) is 5.88 Å². The topological polar surface area (TPSA) is 66.8 Å². The minimum atomic E-state index is -0.238. The molecule has 0 bridgehead atoms. The fraction of sp³-hybridized carbons (Fsp3) is 0.571. The van der Waals surface area contributed by atoms with Crippen molar-refractivity contribution < 1.29 is 9.53 Å². The minimum Gasteiger partial charge on any atom is -0.478 e. The molecule has 0 spiro atoms. The standard InChI is InChI=1S/C28H39ClN4O3/c1-6-32(22-10-8-21(9-11-22)31(4)5)25-16-20(29)15-23(19(25)3)27(35)30-17-24-26(34)14-18(2)33-12-7-13-36-28(24)33/h14-16,21-22H,6-13,17H2,1-5H3,(H,30,35)/t21-,22-. The number of hydrogen-bond donors (Lipinski definition) is 1. The lowest BCUT2D eigenvalue weighted by Gasteiger charge is -2.40. The largest absolute Gasteiger partial charge is 0.478 e. The van der Waals surface area contributed by atoms with Crippen molar-refractivity contribution in [3.05, 3.63) is 55.8 Å². The normalized spacial score (nSPS) is 19.5. The van der Waals surface area contributed by atoms with Crippen LogP contribution in [0.25, 0.3) is 0 Å². The van der Waals surface area contributed by atoms with E-state index in [0.29, 0.717) is 40.7 Å². The second kappa shape index (κ2) is 11.3. The first kappa shape index (κ1) is 26.6. The fourth-order valence-corrected chi connectivity index (χ4v) is 5.97. The molecule has 1 aliphatic heterocycles. The van der Waals surface area contributed by atoms with Crippen LogP contribution in [0.2, 0.25) is 5.02 Å². The number of hydrogen-bond acceptors (Lipinski definition) is 5. The van der Waals surface area contributed by atoms with E-state index in [2.05, 4.69) is 36.1 Å². The van der Waals surface area contributed by atoms with E-state index in [9.17, 15) is 9.59 Å². The molecule has 1 fully saturated rings. The van der Waals surface area contributed by atoms with E-state index < -0.39 is 0 Å². The lowest BCUT2D eigenvalue weighted by atomic mass is 9.89. The Balaban J connectivity index is 1.55. The molecule has 0 saturated heterocycles. The molecule has 1 amide bonds. The van der Waals surface area contributed by atoms with E-state index in [0.717, 1.165) is 49.3 Å². The molecule has 2 heterocycles. The molecule has 1 aromatic heterocycles. The molecule has 0 unspecified atom stereocenters. The van der Waals surface area contributed by atoms with Gasteiger partial charge in [0.1, 0.15) is 0 Å². The fourth-order valence-electron chi connectivity index (χ4n) is 5.75. The van der Waals surface area contributed by atoms with Gasteiger partial charge in [0.25, 0.3) is 5.91 Å². The quantitative estimate of drug-likeness (QED) is 0.588. The van der Waals surface area contributed by atoms with Crippen LogP contribution >= 0.6 is 11.6 Å². The van der Waals surface area contributed by atoms with E-state index in [1.165, 1.54) is 12.8 Å². The number of fused-ring (bicyclic) bond motifs is 1. The molecular formula is C28H39ClN4O3. The smallest absolute Gasteiger partial charge is 0.251 e. The van der Waals surface area contributed by atoms with Crippen LogP contribution in [-0.4, -0.2) is 54.7 Å². The van der Waals surface area contributed by atoms with E-state index in [1.54, 1.807) is 12.1 Å². The summed E-state index contributed by atoms with van der Waals surface area (Å²) in [6.45, 7) is 8.40. The van der Waals surface area contributed by atoms with Gasteiger partial charge in [-0.1, -0.05) is 11.6 Å². The maximum Gasteiger partial charge on any atom is 0.251 e. The molecular weight excluding hydrogens is 476 g/mol. The summed E-state index contributed by atoms with van der Waals surface area (Å²) in [7, 11) is 4.31. The van der Waals surface area contributed by atoms with Crippen LogP contribution in [0, 0.1) is 13.8 Å². The second-order valence-electron chi connectivity index (χ2n) is 10.3.